The quantitative estimate of drug-likeness (QED) is 0.122. The first-order valence-corrected chi connectivity index (χ1v) is 10.4. The molecule has 178 valence electrons. The van der Waals surface area contributed by atoms with Crippen molar-refractivity contribution in [2.75, 3.05) is 53.0 Å². The summed E-state index contributed by atoms with van der Waals surface area (Å²) in [7, 11) is 0. The fraction of sp³-hybridized carbons (Fsp3) is 0.409. The second-order valence-corrected chi connectivity index (χ2v) is 6.87. The lowest BCUT2D eigenvalue weighted by atomic mass is 10.2. The Morgan fingerprint density at radius 2 is 1.48 bits per heavy atom. The van der Waals surface area contributed by atoms with Crippen LogP contribution in [0.4, 0.5) is 0 Å². The molecule has 3 aromatic rings. The summed E-state index contributed by atoms with van der Waals surface area (Å²) in [5.74, 6) is -0.632. The Morgan fingerprint density at radius 1 is 0.848 bits per heavy atom. The molecule has 11 nitrogen and oxygen atoms in total. The van der Waals surface area contributed by atoms with Crippen LogP contribution in [0.2, 0.25) is 0 Å². The van der Waals surface area contributed by atoms with E-state index in [4.69, 9.17) is 23.7 Å². The summed E-state index contributed by atoms with van der Waals surface area (Å²) >= 11 is 0. The topological polar surface area (TPSA) is 137 Å². The monoisotopic (exact) mass is 462 g/mol. The average Bonchev–Trinajstić information content (AvgIpc) is 2.82. The minimum absolute atomic E-state index is 0.00271. The van der Waals surface area contributed by atoms with Crippen LogP contribution >= 0.6 is 0 Å². The van der Waals surface area contributed by atoms with Gasteiger partial charge in [0.1, 0.15) is 20.0 Å². The van der Waals surface area contributed by atoms with Crippen molar-refractivity contribution in [1.29, 1.82) is 0 Å². The number of nitrogens with zero attached hydrogens (tertiary/aromatic N) is 2. The molecule has 11 heteroatoms. The highest BCUT2D eigenvalue weighted by molar-refractivity contribution is 5.84. The van der Waals surface area contributed by atoms with Crippen molar-refractivity contribution in [3.8, 4) is 11.5 Å². The zero-order chi connectivity index (χ0) is 23.6. The second-order valence-electron chi connectivity index (χ2n) is 6.87. The zero-order valence-electron chi connectivity index (χ0n) is 18.2. The Hall–Kier alpha value is -3.25. The third kappa shape index (κ3) is 6.17. The predicted octanol–water partition coefficient (Wildman–Crippen LogP) is 0.957. The van der Waals surface area contributed by atoms with E-state index in [1.807, 2.05) is 6.92 Å². The Kier molecular flexibility index (Phi) is 8.95. The van der Waals surface area contributed by atoms with Crippen LogP contribution in [0.5, 0.6) is 11.5 Å². The van der Waals surface area contributed by atoms with Gasteiger partial charge in [-0.15, -0.1) is 0 Å². The molecule has 0 aliphatic rings. The van der Waals surface area contributed by atoms with Crippen LogP contribution < -0.4 is 14.2 Å². The zero-order valence-corrected chi connectivity index (χ0v) is 18.2. The van der Waals surface area contributed by atoms with Gasteiger partial charge in [0, 0.05) is 18.7 Å². The minimum atomic E-state index is -0.380. The molecular formula is C22H26N2O9. The van der Waals surface area contributed by atoms with Crippen LogP contribution in [0.3, 0.4) is 0 Å². The number of carbonyl (C=O) groups is 1. The fourth-order valence-corrected chi connectivity index (χ4v) is 3.08. The molecule has 0 aliphatic carbocycles. The molecule has 0 fully saturated rings. The van der Waals surface area contributed by atoms with Gasteiger partial charge >= 0.3 is 11.0 Å². The second kappa shape index (κ2) is 12.1. The van der Waals surface area contributed by atoms with Gasteiger partial charge in [-0.05, 0) is 19.1 Å². The normalized spacial score (nSPS) is 11.3. The van der Waals surface area contributed by atoms with E-state index in [2.05, 4.69) is 0 Å². The van der Waals surface area contributed by atoms with E-state index in [9.17, 15) is 20.3 Å². The number of aromatic hydroxyl groups is 1. The van der Waals surface area contributed by atoms with E-state index in [-0.39, 0.29) is 59.4 Å². The number of hydrogen-bond acceptors (Lipinski definition) is 9. The first-order valence-electron chi connectivity index (χ1n) is 10.4. The number of Topliss-reactive ketones (excluding diaryl/α,β-unsaturated/α-hetero) is 1. The van der Waals surface area contributed by atoms with E-state index < -0.39 is 0 Å². The number of benzene rings is 2. The standard InChI is InChI=1S/C22H26N2O9/c1-2-29-9-10-30-11-12-31-15-32-13-16(25)14-33-20-8-4-6-18-22(20)24(28)17-5-3-7-19(26)21(17)23(18)27/h3-8,26H,2,9-15H2,1H3. The molecule has 1 N–H and O–H groups in total. The molecule has 2 aromatic carbocycles. The molecule has 1 aromatic heterocycles. The van der Waals surface area contributed by atoms with Gasteiger partial charge in [0.15, 0.2) is 17.3 Å². The lowest BCUT2D eigenvalue weighted by Gasteiger charge is -2.11. The Morgan fingerprint density at radius 3 is 2.24 bits per heavy atom. The Bertz CT molecular complexity index is 1090. The smallest absolute Gasteiger partial charge is 0.332 e. The minimum Gasteiger partial charge on any atom is -0.617 e. The van der Waals surface area contributed by atoms with E-state index >= 15 is 0 Å². The lowest BCUT2D eigenvalue weighted by Crippen LogP contribution is -2.39. The van der Waals surface area contributed by atoms with Crippen molar-refractivity contribution in [3.63, 3.8) is 0 Å². The van der Waals surface area contributed by atoms with Crippen molar-refractivity contribution in [3.05, 3.63) is 46.8 Å². The number of aromatic nitrogens is 2. The molecule has 0 amide bonds. The number of ketones is 1. The molecule has 0 aliphatic heterocycles. The number of phenols is 1. The number of phenolic OH excluding ortho intramolecular Hbond substituents is 1. The summed E-state index contributed by atoms with van der Waals surface area (Å²) in [5, 5.41) is 35.5. The van der Waals surface area contributed by atoms with Crippen molar-refractivity contribution in [2.24, 2.45) is 0 Å². The molecular weight excluding hydrogens is 436 g/mol. The van der Waals surface area contributed by atoms with Gasteiger partial charge in [-0.25, -0.2) is 0 Å². The molecule has 0 atom stereocenters. The number of para-hydroxylation sites is 2. The van der Waals surface area contributed by atoms with Gasteiger partial charge in [0.05, 0.1) is 26.4 Å². The molecule has 0 saturated carbocycles. The Labute approximate surface area is 189 Å². The summed E-state index contributed by atoms with van der Waals surface area (Å²) in [5.41, 5.74) is -0.229. The molecule has 3 rings (SSSR count). The molecule has 0 spiro atoms. The van der Waals surface area contributed by atoms with Gasteiger partial charge in [0.25, 0.3) is 11.0 Å². The number of ether oxygens (including phenoxy) is 5. The Balaban J connectivity index is 1.51. The summed E-state index contributed by atoms with van der Waals surface area (Å²) in [6, 6.07) is 8.61. The molecule has 0 unspecified atom stereocenters. The number of fused-ring (bicyclic) bond motifs is 2. The highest BCUT2D eigenvalue weighted by atomic mass is 16.7. The van der Waals surface area contributed by atoms with Crippen molar-refractivity contribution in [1.82, 2.24) is 0 Å². The highest BCUT2D eigenvalue weighted by Gasteiger charge is 2.27. The number of hydrogen-bond donors (Lipinski definition) is 1. The van der Waals surface area contributed by atoms with Gasteiger partial charge < -0.3 is 39.2 Å². The maximum Gasteiger partial charge on any atom is 0.332 e. The molecule has 33 heavy (non-hydrogen) atoms. The largest absolute Gasteiger partial charge is 0.617 e. The molecule has 0 bridgehead atoms. The van der Waals surface area contributed by atoms with E-state index in [1.165, 1.54) is 36.4 Å². The fourth-order valence-electron chi connectivity index (χ4n) is 3.08. The summed E-state index contributed by atoms with van der Waals surface area (Å²) in [4.78, 5) is 12.1. The van der Waals surface area contributed by atoms with Crippen LogP contribution in [0, 0.1) is 10.4 Å². The van der Waals surface area contributed by atoms with Crippen molar-refractivity contribution in [2.45, 2.75) is 6.92 Å². The maximum atomic E-state index is 12.9. The lowest BCUT2D eigenvalue weighted by molar-refractivity contribution is -0.591. The first kappa shape index (κ1) is 24.4. The summed E-state index contributed by atoms with van der Waals surface area (Å²) < 4.78 is 27.2. The maximum absolute atomic E-state index is 12.9. The summed E-state index contributed by atoms with van der Waals surface area (Å²) in [6.07, 6.45) is 0. The van der Waals surface area contributed by atoms with Gasteiger partial charge in [-0.2, -0.15) is 9.46 Å². The molecule has 0 saturated heterocycles. The van der Waals surface area contributed by atoms with Crippen LogP contribution in [0.15, 0.2) is 36.4 Å². The SMILES string of the molecule is CCOCCOCCOCOCC(=O)COc1cccc2c1[n+]([O-])c1cccc(O)c1[n+]2[O-]. The summed E-state index contributed by atoms with van der Waals surface area (Å²) in [6.45, 7) is 3.56. The van der Waals surface area contributed by atoms with Crippen molar-refractivity contribution >= 4 is 27.9 Å². The van der Waals surface area contributed by atoms with Gasteiger partial charge in [-0.3, -0.25) is 4.79 Å². The molecule has 1 heterocycles. The van der Waals surface area contributed by atoms with E-state index in [0.717, 1.165) is 0 Å². The van der Waals surface area contributed by atoms with Gasteiger partial charge in [-0.1, -0.05) is 12.1 Å². The van der Waals surface area contributed by atoms with E-state index in [0.29, 0.717) is 42.5 Å². The first-order chi connectivity index (χ1) is 16.0. The third-order valence-corrected chi connectivity index (χ3v) is 4.58. The predicted molar refractivity (Wildman–Crippen MR) is 116 cm³/mol. The highest BCUT2D eigenvalue weighted by Crippen LogP contribution is 2.25. The van der Waals surface area contributed by atoms with Crippen LogP contribution in [0.25, 0.3) is 22.1 Å². The third-order valence-electron chi connectivity index (χ3n) is 4.58. The average molecular weight is 462 g/mol. The van der Waals surface area contributed by atoms with Gasteiger partial charge in [0.2, 0.25) is 0 Å². The van der Waals surface area contributed by atoms with Crippen LogP contribution in [-0.2, 0) is 23.7 Å². The van der Waals surface area contributed by atoms with Crippen LogP contribution in [0.1, 0.15) is 6.92 Å². The molecule has 0 radical (unpaired) electrons. The van der Waals surface area contributed by atoms with Crippen LogP contribution in [-0.4, -0.2) is 63.9 Å². The van der Waals surface area contributed by atoms with E-state index in [1.54, 1.807) is 0 Å². The van der Waals surface area contributed by atoms with Crippen molar-refractivity contribution < 1.29 is 43.0 Å². The number of rotatable bonds is 14. The number of carbonyl (C=O) groups excluding carboxylic acids is 1.